The summed E-state index contributed by atoms with van der Waals surface area (Å²) in [5.41, 5.74) is 1.03. The van der Waals surface area contributed by atoms with Gasteiger partial charge in [0, 0.05) is 12.0 Å². The van der Waals surface area contributed by atoms with Crippen LogP contribution in [0.2, 0.25) is 0 Å². The van der Waals surface area contributed by atoms with E-state index in [1.807, 2.05) is 0 Å². The lowest BCUT2D eigenvalue weighted by Crippen LogP contribution is -2.25. The van der Waals surface area contributed by atoms with Crippen molar-refractivity contribution in [3.63, 3.8) is 0 Å². The summed E-state index contributed by atoms with van der Waals surface area (Å²) in [5, 5.41) is 5.71. The Morgan fingerprint density at radius 3 is 2.56 bits per heavy atom. The molecule has 2 amide bonds. The molecule has 0 atom stereocenters. The zero-order valence-electron chi connectivity index (χ0n) is 14.2. The summed E-state index contributed by atoms with van der Waals surface area (Å²) in [7, 11) is 1.55. The summed E-state index contributed by atoms with van der Waals surface area (Å²) in [6.07, 6.45) is 6.63. The van der Waals surface area contributed by atoms with Crippen LogP contribution < -0.4 is 15.4 Å². The molecule has 1 aromatic heterocycles. The number of hydrogen-bond donors (Lipinski definition) is 2. The number of nitrogens with one attached hydrogen (secondary N) is 2. The molecular formula is C19H22N2O4. The number of anilines is 2. The van der Waals surface area contributed by atoms with Crippen molar-refractivity contribution < 1.29 is 18.7 Å². The molecule has 1 aliphatic carbocycles. The maximum Gasteiger partial charge on any atom is 0.291 e. The minimum atomic E-state index is -0.383. The summed E-state index contributed by atoms with van der Waals surface area (Å²) in [4.78, 5) is 24.8. The van der Waals surface area contributed by atoms with E-state index in [1.54, 1.807) is 37.4 Å². The normalized spacial score (nSPS) is 14.8. The first-order chi connectivity index (χ1) is 12.2. The smallest absolute Gasteiger partial charge is 0.291 e. The van der Waals surface area contributed by atoms with E-state index in [-0.39, 0.29) is 23.5 Å². The van der Waals surface area contributed by atoms with Crippen LogP contribution in [0.25, 0.3) is 0 Å². The number of furan rings is 1. The van der Waals surface area contributed by atoms with Crippen LogP contribution in [0.1, 0.15) is 42.7 Å². The molecule has 0 saturated heterocycles. The minimum absolute atomic E-state index is 0.00151. The van der Waals surface area contributed by atoms with Gasteiger partial charge in [-0.05, 0) is 37.1 Å². The van der Waals surface area contributed by atoms with Crippen LogP contribution in [0.3, 0.4) is 0 Å². The third-order valence-electron chi connectivity index (χ3n) is 4.45. The summed E-state index contributed by atoms with van der Waals surface area (Å²) < 4.78 is 10.3. The van der Waals surface area contributed by atoms with Crippen molar-refractivity contribution in [2.45, 2.75) is 32.1 Å². The van der Waals surface area contributed by atoms with Crippen molar-refractivity contribution in [3.8, 4) is 5.75 Å². The molecule has 0 unspecified atom stereocenters. The fraction of sp³-hybridized carbons (Fsp3) is 0.368. The lowest BCUT2D eigenvalue weighted by Gasteiger charge is -2.21. The average Bonchev–Trinajstić information content (AvgIpc) is 3.18. The van der Waals surface area contributed by atoms with Crippen LogP contribution in [-0.2, 0) is 4.79 Å². The van der Waals surface area contributed by atoms with Gasteiger partial charge in [0.25, 0.3) is 5.91 Å². The number of amides is 2. The van der Waals surface area contributed by atoms with Crippen molar-refractivity contribution in [1.29, 1.82) is 0 Å². The fourth-order valence-corrected chi connectivity index (χ4v) is 3.05. The number of carbonyl (C=O) groups excluding carboxylic acids is 2. The standard InChI is InChI=1S/C19H22N2O4/c1-24-14-9-10-15(20-18(22)13-6-3-2-4-7-13)16(12-14)21-19(23)17-8-5-11-25-17/h5,8-13H,2-4,6-7H2,1H3,(H,20,22)(H,21,23). The lowest BCUT2D eigenvalue weighted by molar-refractivity contribution is -0.120. The molecule has 6 heteroatoms. The van der Waals surface area contributed by atoms with E-state index in [0.717, 1.165) is 25.7 Å². The highest BCUT2D eigenvalue weighted by atomic mass is 16.5. The maximum absolute atomic E-state index is 12.5. The van der Waals surface area contributed by atoms with Gasteiger partial charge in [0.15, 0.2) is 5.76 Å². The number of methoxy groups -OCH3 is 1. The predicted octanol–water partition coefficient (Wildman–Crippen LogP) is 4.06. The van der Waals surface area contributed by atoms with E-state index in [1.165, 1.54) is 12.7 Å². The van der Waals surface area contributed by atoms with Gasteiger partial charge in [-0.15, -0.1) is 0 Å². The Labute approximate surface area is 146 Å². The number of rotatable bonds is 5. The van der Waals surface area contributed by atoms with Gasteiger partial charge in [0.1, 0.15) is 5.75 Å². The van der Waals surface area contributed by atoms with Crippen molar-refractivity contribution in [2.75, 3.05) is 17.7 Å². The second-order valence-corrected chi connectivity index (χ2v) is 6.17. The summed E-state index contributed by atoms with van der Waals surface area (Å²) >= 11 is 0. The van der Waals surface area contributed by atoms with Gasteiger partial charge in [-0.2, -0.15) is 0 Å². The molecule has 1 aliphatic rings. The Morgan fingerprint density at radius 1 is 1.08 bits per heavy atom. The van der Waals surface area contributed by atoms with E-state index in [4.69, 9.17) is 9.15 Å². The topological polar surface area (TPSA) is 80.6 Å². The molecule has 0 bridgehead atoms. The molecule has 2 aromatic rings. The maximum atomic E-state index is 12.5. The van der Waals surface area contributed by atoms with E-state index < -0.39 is 0 Å². The first-order valence-corrected chi connectivity index (χ1v) is 8.51. The molecule has 0 spiro atoms. The van der Waals surface area contributed by atoms with Crippen molar-refractivity contribution >= 4 is 23.2 Å². The Morgan fingerprint density at radius 2 is 1.88 bits per heavy atom. The van der Waals surface area contributed by atoms with E-state index in [9.17, 15) is 9.59 Å². The third kappa shape index (κ3) is 4.21. The number of benzene rings is 1. The van der Waals surface area contributed by atoms with E-state index in [2.05, 4.69) is 10.6 Å². The average molecular weight is 342 g/mol. The molecule has 1 fully saturated rings. The molecule has 132 valence electrons. The molecule has 1 aromatic carbocycles. The first-order valence-electron chi connectivity index (χ1n) is 8.51. The molecule has 25 heavy (non-hydrogen) atoms. The molecule has 6 nitrogen and oxygen atoms in total. The summed E-state index contributed by atoms with van der Waals surface area (Å²) in [6.45, 7) is 0. The number of ether oxygens (including phenoxy) is 1. The molecule has 0 radical (unpaired) electrons. The highest BCUT2D eigenvalue weighted by Crippen LogP contribution is 2.30. The van der Waals surface area contributed by atoms with Gasteiger partial charge in [-0.25, -0.2) is 0 Å². The van der Waals surface area contributed by atoms with Gasteiger partial charge in [0.2, 0.25) is 5.91 Å². The predicted molar refractivity (Wildman–Crippen MR) is 94.9 cm³/mol. The molecule has 2 N–H and O–H groups in total. The largest absolute Gasteiger partial charge is 0.497 e. The molecule has 1 saturated carbocycles. The summed E-state index contributed by atoms with van der Waals surface area (Å²) in [6, 6.07) is 8.38. The second-order valence-electron chi connectivity index (χ2n) is 6.17. The quantitative estimate of drug-likeness (QED) is 0.858. The third-order valence-corrected chi connectivity index (χ3v) is 4.45. The van der Waals surface area contributed by atoms with Crippen LogP contribution in [0.4, 0.5) is 11.4 Å². The van der Waals surface area contributed by atoms with Gasteiger partial charge in [-0.3, -0.25) is 9.59 Å². The van der Waals surface area contributed by atoms with Crippen molar-refractivity contribution in [1.82, 2.24) is 0 Å². The van der Waals surface area contributed by atoms with Gasteiger partial charge in [0.05, 0.1) is 24.7 Å². The van der Waals surface area contributed by atoms with Crippen LogP contribution in [0.5, 0.6) is 5.75 Å². The van der Waals surface area contributed by atoms with Crippen LogP contribution >= 0.6 is 0 Å². The van der Waals surface area contributed by atoms with Gasteiger partial charge >= 0.3 is 0 Å². The zero-order valence-corrected chi connectivity index (χ0v) is 14.2. The van der Waals surface area contributed by atoms with Crippen molar-refractivity contribution in [3.05, 3.63) is 42.4 Å². The van der Waals surface area contributed by atoms with E-state index in [0.29, 0.717) is 17.1 Å². The first kappa shape index (κ1) is 17.1. The summed E-state index contributed by atoms with van der Waals surface area (Å²) in [5.74, 6) is 0.437. The Kier molecular flexibility index (Phi) is 5.38. The van der Waals surface area contributed by atoms with Gasteiger partial charge < -0.3 is 19.8 Å². The molecule has 1 heterocycles. The van der Waals surface area contributed by atoms with Crippen LogP contribution in [-0.4, -0.2) is 18.9 Å². The lowest BCUT2D eigenvalue weighted by atomic mass is 9.88. The highest BCUT2D eigenvalue weighted by molar-refractivity contribution is 6.06. The van der Waals surface area contributed by atoms with E-state index >= 15 is 0 Å². The fourth-order valence-electron chi connectivity index (χ4n) is 3.05. The SMILES string of the molecule is COc1ccc(NC(=O)C2CCCCC2)c(NC(=O)c2ccco2)c1. The Bertz CT molecular complexity index is 734. The highest BCUT2D eigenvalue weighted by Gasteiger charge is 2.22. The number of carbonyl (C=O) groups is 2. The minimum Gasteiger partial charge on any atom is -0.497 e. The van der Waals surface area contributed by atoms with Gasteiger partial charge in [-0.1, -0.05) is 19.3 Å². The second kappa shape index (κ2) is 7.88. The molecular weight excluding hydrogens is 320 g/mol. The molecule has 3 rings (SSSR count). The molecule has 0 aliphatic heterocycles. The van der Waals surface area contributed by atoms with Crippen LogP contribution in [0.15, 0.2) is 41.0 Å². The number of hydrogen-bond acceptors (Lipinski definition) is 4. The Hall–Kier alpha value is -2.76. The van der Waals surface area contributed by atoms with Crippen molar-refractivity contribution in [2.24, 2.45) is 5.92 Å². The van der Waals surface area contributed by atoms with Crippen LogP contribution in [0, 0.1) is 5.92 Å². The Balaban J connectivity index is 1.78. The zero-order chi connectivity index (χ0) is 17.6. The monoisotopic (exact) mass is 342 g/mol.